The highest BCUT2D eigenvalue weighted by atomic mass is 32.1. The Kier molecular flexibility index (Phi) is 9.66. The predicted octanol–water partition coefficient (Wildman–Crippen LogP) is 2.65. The van der Waals surface area contributed by atoms with E-state index < -0.39 is 0 Å². The van der Waals surface area contributed by atoms with Gasteiger partial charge in [0.25, 0.3) is 0 Å². The Bertz CT molecular complexity index is 866. The minimum absolute atomic E-state index is 0.131. The number of nitrogens with two attached hydrogens (primary N) is 2. The maximum absolute atomic E-state index is 5.75. The van der Waals surface area contributed by atoms with Crippen molar-refractivity contribution in [2.75, 3.05) is 13.2 Å². The van der Waals surface area contributed by atoms with Crippen molar-refractivity contribution in [3.8, 4) is 11.5 Å². The Balaban J connectivity index is 1.72. The molecule has 0 bridgehead atoms. The minimum Gasteiger partial charge on any atom is -0.493 e. The number of hydrazone groups is 2. The Labute approximate surface area is 192 Å². The fourth-order valence-electron chi connectivity index (χ4n) is 2.43. The van der Waals surface area contributed by atoms with E-state index in [1.807, 2.05) is 62.4 Å². The van der Waals surface area contributed by atoms with E-state index in [2.05, 4.69) is 21.1 Å². The van der Waals surface area contributed by atoms with E-state index in [9.17, 15) is 0 Å². The molecule has 2 rings (SSSR count). The van der Waals surface area contributed by atoms with Crippen molar-refractivity contribution in [2.45, 2.75) is 20.3 Å². The highest BCUT2D eigenvalue weighted by molar-refractivity contribution is 7.80. The highest BCUT2D eigenvalue weighted by Crippen LogP contribution is 2.15. The SMILES string of the molecule is C/C(=N/NC(N)=S)c1ccc(OCCCOc2ccc(/C(C)=N\NC(N)=S)cc2)cc1. The van der Waals surface area contributed by atoms with Crippen molar-refractivity contribution in [1.29, 1.82) is 0 Å². The number of nitrogens with zero attached hydrogens (tertiary/aromatic N) is 2. The van der Waals surface area contributed by atoms with Crippen LogP contribution in [0.2, 0.25) is 0 Å². The first-order valence-corrected chi connectivity index (χ1v) is 10.3. The zero-order valence-corrected chi connectivity index (χ0v) is 19.1. The number of ether oxygens (including phenoxy) is 2. The van der Waals surface area contributed by atoms with Crippen LogP contribution in [0.25, 0.3) is 0 Å². The quantitative estimate of drug-likeness (QED) is 0.186. The Morgan fingerprint density at radius 3 is 1.42 bits per heavy atom. The highest BCUT2D eigenvalue weighted by Gasteiger charge is 2.01. The van der Waals surface area contributed by atoms with Crippen molar-refractivity contribution >= 4 is 46.1 Å². The third-order valence-corrected chi connectivity index (χ3v) is 4.22. The van der Waals surface area contributed by atoms with E-state index in [0.29, 0.717) is 13.2 Å². The van der Waals surface area contributed by atoms with Crippen LogP contribution in [0.3, 0.4) is 0 Å². The van der Waals surface area contributed by atoms with E-state index in [0.717, 1.165) is 40.5 Å². The van der Waals surface area contributed by atoms with Gasteiger partial charge in [-0.2, -0.15) is 10.2 Å². The molecule has 0 saturated carbocycles. The molecule has 0 aliphatic heterocycles. The monoisotopic (exact) mass is 458 g/mol. The summed E-state index contributed by atoms with van der Waals surface area (Å²) in [6.07, 6.45) is 0.750. The van der Waals surface area contributed by atoms with Gasteiger partial charge in [0.2, 0.25) is 0 Å². The van der Waals surface area contributed by atoms with E-state index >= 15 is 0 Å². The molecule has 0 aliphatic rings. The summed E-state index contributed by atoms with van der Waals surface area (Å²) in [5.74, 6) is 1.56. The second kappa shape index (κ2) is 12.5. The summed E-state index contributed by atoms with van der Waals surface area (Å²) < 4.78 is 11.5. The molecular weight excluding hydrogens is 432 g/mol. The first-order valence-electron chi connectivity index (χ1n) is 9.51. The van der Waals surface area contributed by atoms with Gasteiger partial charge in [0.1, 0.15) is 11.5 Å². The van der Waals surface area contributed by atoms with Gasteiger partial charge >= 0.3 is 0 Å². The molecule has 0 radical (unpaired) electrons. The van der Waals surface area contributed by atoms with Crippen LogP contribution >= 0.6 is 24.4 Å². The lowest BCUT2D eigenvalue weighted by molar-refractivity contribution is 0.247. The van der Waals surface area contributed by atoms with Crippen LogP contribution in [-0.2, 0) is 0 Å². The molecule has 10 heteroatoms. The second-order valence-corrected chi connectivity index (χ2v) is 7.33. The van der Waals surface area contributed by atoms with Crippen LogP contribution in [0, 0.1) is 0 Å². The molecule has 0 spiro atoms. The van der Waals surface area contributed by atoms with Crippen molar-refractivity contribution in [3.63, 3.8) is 0 Å². The average Bonchev–Trinajstić information content (AvgIpc) is 2.76. The molecule has 0 unspecified atom stereocenters. The van der Waals surface area contributed by atoms with E-state index in [1.54, 1.807) is 0 Å². The van der Waals surface area contributed by atoms with Gasteiger partial charge < -0.3 is 20.9 Å². The number of thiocarbonyl (C=S) groups is 2. The number of hydrogen-bond acceptors (Lipinski definition) is 6. The number of hydrogen-bond donors (Lipinski definition) is 4. The molecule has 0 amide bonds. The molecule has 8 nitrogen and oxygen atoms in total. The van der Waals surface area contributed by atoms with Crippen molar-refractivity contribution < 1.29 is 9.47 Å². The minimum atomic E-state index is 0.131. The standard InChI is InChI=1S/C21H26N6O2S2/c1-14(24-26-20(22)30)16-4-8-18(9-5-16)28-12-3-13-29-19-10-6-17(7-11-19)15(2)25-27-21(23)31/h4-11H,3,12-13H2,1-2H3,(H3,22,26,30)(H3,23,27,31)/b24-14-,25-15-. The van der Waals surface area contributed by atoms with E-state index in [4.69, 9.17) is 45.4 Å². The molecule has 0 atom stereocenters. The van der Waals surface area contributed by atoms with Crippen LogP contribution in [0.4, 0.5) is 0 Å². The Hall–Kier alpha value is -3.24. The summed E-state index contributed by atoms with van der Waals surface area (Å²) in [6.45, 7) is 4.82. The number of rotatable bonds is 10. The summed E-state index contributed by atoms with van der Waals surface area (Å²) in [6, 6.07) is 15.3. The smallest absolute Gasteiger partial charge is 0.184 e. The van der Waals surface area contributed by atoms with Crippen LogP contribution in [0.5, 0.6) is 11.5 Å². The summed E-state index contributed by atoms with van der Waals surface area (Å²) in [7, 11) is 0. The summed E-state index contributed by atoms with van der Waals surface area (Å²) in [5.41, 5.74) is 19.3. The van der Waals surface area contributed by atoms with Gasteiger partial charge in [0.15, 0.2) is 10.2 Å². The zero-order valence-electron chi connectivity index (χ0n) is 17.4. The van der Waals surface area contributed by atoms with Gasteiger partial charge in [0, 0.05) is 6.42 Å². The van der Waals surface area contributed by atoms with Gasteiger partial charge in [-0.15, -0.1) is 0 Å². The third-order valence-electron chi connectivity index (χ3n) is 4.04. The number of benzene rings is 2. The normalized spacial score (nSPS) is 11.5. The van der Waals surface area contributed by atoms with Crippen molar-refractivity contribution in [2.24, 2.45) is 21.7 Å². The predicted molar refractivity (Wildman–Crippen MR) is 133 cm³/mol. The maximum Gasteiger partial charge on any atom is 0.184 e. The molecule has 2 aromatic carbocycles. The Morgan fingerprint density at radius 1 is 0.742 bits per heavy atom. The third kappa shape index (κ3) is 8.97. The molecule has 6 N–H and O–H groups in total. The molecule has 2 aromatic rings. The maximum atomic E-state index is 5.75. The Morgan fingerprint density at radius 2 is 1.10 bits per heavy atom. The number of nitrogens with one attached hydrogen (secondary N) is 2. The van der Waals surface area contributed by atoms with Crippen LogP contribution < -0.4 is 31.8 Å². The fourth-order valence-corrected chi connectivity index (χ4v) is 2.52. The lowest BCUT2D eigenvalue weighted by Gasteiger charge is -2.09. The lowest BCUT2D eigenvalue weighted by Crippen LogP contribution is -2.25. The molecular formula is C21H26N6O2S2. The molecule has 0 aliphatic carbocycles. The summed E-state index contributed by atoms with van der Waals surface area (Å²) in [4.78, 5) is 0. The van der Waals surface area contributed by atoms with Gasteiger partial charge in [-0.25, -0.2) is 0 Å². The van der Waals surface area contributed by atoms with Crippen molar-refractivity contribution in [1.82, 2.24) is 10.9 Å². The zero-order chi connectivity index (χ0) is 22.6. The molecule has 0 saturated heterocycles. The van der Waals surface area contributed by atoms with E-state index in [-0.39, 0.29) is 10.2 Å². The molecule has 0 heterocycles. The summed E-state index contributed by atoms with van der Waals surface area (Å²) >= 11 is 9.47. The molecule has 31 heavy (non-hydrogen) atoms. The van der Waals surface area contributed by atoms with Gasteiger partial charge in [-0.1, -0.05) is 0 Å². The first kappa shape index (κ1) is 24.0. The van der Waals surface area contributed by atoms with E-state index in [1.165, 1.54) is 0 Å². The summed E-state index contributed by atoms with van der Waals surface area (Å²) in [5, 5.41) is 8.45. The topological polar surface area (TPSA) is 119 Å². The first-order chi connectivity index (χ1) is 14.8. The largest absolute Gasteiger partial charge is 0.493 e. The van der Waals surface area contributed by atoms with Crippen LogP contribution in [0.1, 0.15) is 31.4 Å². The lowest BCUT2D eigenvalue weighted by atomic mass is 10.1. The molecule has 0 fully saturated rings. The van der Waals surface area contributed by atoms with Gasteiger partial charge in [0.05, 0.1) is 24.6 Å². The fraction of sp³-hybridized carbons (Fsp3) is 0.238. The molecule has 0 aromatic heterocycles. The van der Waals surface area contributed by atoms with Crippen molar-refractivity contribution in [3.05, 3.63) is 59.7 Å². The van der Waals surface area contributed by atoms with Crippen LogP contribution in [0.15, 0.2) is 58.7 Å². The van der Waals surface area contributed by atoms with Crippen LogP contribution in [-0.4, -0.2) is 34.9 Å². The molecule has 164 valence electrons. The average molecular weight is 459 g/mol. The second-order valence-electron chi connectivity index (χ2n) is 6.45. The van der Waals surface area contributed by atoms with Gasteiger partial charge in [-0.05, 0) is 97.9 Å². The van der Waals surface area contributed by atoms with Gasteiger partial charge in [-0.3, -0.25) is 10.9 Å².